The molecule has 0 bridgehead atoms. The smallest absolute Gasteiger partial charge is 0.387 e. The Balaban J connectivity index is 4.69. The number of carbonyl (C=O) groups excluding carboxylic acids is 1. The Labute approximate surface area is 252 Å². The average molecular weight is 604 g/mol. The SMILES string of the molecule is CCCCC/C=C/CC/C=C/[C@@H](O)[C@H](COP(=O)(O)OCC[N+](C)(C)C)NC(=O)CCCCCCCCCCCC. The quantitative estimate of drug-likeness (QED) is 0.0371. The van der Waals surface area contributed by atoms with Gasteiger partial charge in [0.15, 0.2) is 0 Å². The minimum absolute atomic E-state index is 0.0570. The molecule has 0 rings (SSSR count). The number of hydrogen-bond acceptors (Lipinski definition) is 5. The average Bonchev–Trinajstić information content (AvgIpc) is 2.90. The number of hydrogen-bond donors (Lipinski definition) is 3. The first-order chi connectivity index (χ1) is 19.5. The number of rotatable bonds is 28. The summed E-state index contributed by atoms with van der Waals surface area (Å²) in [6.45, 7) is 4.68. The second-order valence-corrected chi connectivity index (χ2v) is 13.6. The number of phosphoric acid groups is 1. The highest BCUT2D eigenvalue weighted by molar-refractivity contribution is 7.47. The summed E-state index contributed by atoms with van der Waals surface area (Å²) in [5.41, 5.74) is 0. The van der Waals surface area contributed by atoms with Gasteiger partial charge in [-0.1, -0.05) is 109 Å². The van der Waals surface area contributed by atoms with Crippen molar-refractivity contribution in [1.29, 1.82) is 0 Å². The van der Waals surface area contributed by atoms with Crippen LogP contribution in [0.3, 0.4) is 0 Å². The van der Waals surface area contributed by atoms with Crippen LogP contribution in [-0.4, -0.2) is 73.4 Å². The van der Waals surface area contributed by atoms with E-state index in [0.717, 1.165) is 38.5 Å². The molecule has 9 heteroatoms. The molecular weight excluding hydrogens is 539 g/mol. The normalized spacial score (nSPS) is 15.4. The zero-order valence-electron chi connectivity index (χ0n) is 27.0. The molecule has 1 amide bonds. The fourth-order valence-corrected chi connectivity index (χ4v) is 4.97. The number of carbonyl (C=O) groups is 1. The molecule has 0 radical (unpaired) electrons. The van der Waals surface area contributed by atoms with E-state index in [0.29, 0.717) is 17.4 Å². The summed E-state index contributed by atoms with van der Waals surface area (Å²) in [5, 5.41) is 13.6. The first-order valence-corrected chi connectivity index (χ1v) is 17.7. The summed E-state index contributed by atoms with van der Waals surface area (Å²) in [7, 11) is 1.55. The maximum Gasteiger partial charge on any atom is 0.472 e. The summed E-state index contributed by atoms with van der Waals surface area (Å²) < 4.78 is 23.3. The summed E-state index contributed by atoms with van der Waals surface area (Å²) >= 11 is 0. The molecule has 41 heavy (non-hydrogen) atoms. The minimum atomic E-state index is -4.32. The van der Waals surface area contributed by atoms with Gasteiger partial charge in [0.25, 0.3) is 0 Å². The first kappa shape index (κ1) is 40.0. The van der Waals surface area contributed by atoms with Crippen LogP contribution >= 0.6 is 7.82 Å². The van der Waals surface area contributed by atoms with Gasteiger partial charge in [-0.3, -0.25) is 13.8 Å². The van der Waals surface area contributed by atoms with Gasteiger partial charge in [-0.2, -0.15) is 0 Å². The van der Waals surface area contributed by atoms with Gasteiger partial charge in [0.2, 0.25) is 5.91 Å². The molecule has 3 atom stereocenters. The van der Waals surface area contributed by atoms with E-state index in [-0.39, 0.29) is 19.1 Å². The Bertz CT molecular complexity index is 738. The Hall–Kier alpha value is -1.02. The van der Waals surface area contributed by atoms with Gasteiger partial charge in [-0.25, -0.2) is 4.57 Å². The molecule has 0 heterocycles. The second-order valence-electron chi connectivity index (χ2n) is 12.2. The van der Waals surface area contributed by atoms with Crippen LogP contribution in [0.25, 0.3) is 0 Å². The van der Waals surface area contributed by atoms with Crippen molar-refractivity contribution in [2.75, 3.05) is 40.9 Å². The zero-order valence-corrected chi connectivity index (χ0v) is 27.9. The summed E-state index contributed by atoms with van der Waals surface area (Å²) in [4.78, 5) is 22.8. The van der Waals surface area contributed by atoms with Crippen LogP contribution in [0, 0.1) is 0 Å². The third kappa shape index (κ3) is 27.6. The fourth-order valence-electron chi connectivity index (χ4n) is 4.23. The zero-order chi connectivity index (χ0) is 30.8. The highest BCUT2D eigenvalue weighted by Gasteiger charge is 2.27. The third-order valence-corrected chi connectivity index (χ3v) is 7.91. The number of unbranched alkanes of at least 4 members (excludes halogenated alkanes) is 13. The topological polar surface area (TPSA) is 105 Å². The molecule has 242 valence electrons. The number of amides is 1. The van der Waals surface area contributed by atoms with E-state index in [1.165, 1.54) is 64.2 Å². The molecule has 0 spiro atoms. The van der Waals surface area contributed by atoms with Gasteiger partial charge in [0.05, 0.1) is 39.9 Å². The predicted molar refractivity (Wildman–Crippen MR) is 171 cm³/mol. The Morgan fingerprint density at radius 2 is 1.34 bits per heavy atom. The number of allylic oxidation sites excluding steroid dienone is 3. The molecular formula is C32H64N2O6P+. The number of quaternary nitrogens is 1. The molecule has 0 aromatic heterocycles. The number of likely N-dealkylation sites (N-methyl/N-ethyl adjacent to an activating group) is 1. The van der Waals surface area contributed by atoms with Gasteiger partial charge in [0.1, 0.15) is 13.2 Å². The van der Waals surface area contributed by atoms with Crippen molar-refractivity contribution in [2.24, 2.45) is 0 Å². The number of aliphatic hydroxyl groups is 1. The number of nitrogens with one attached hydrogen (secondary N) is 1. The molecule has 0 aliphatic carbocycles. The number of nitrogens with zero attached hydrogens (tertiary/aromatic N) is 1. The van der Waals surface area contributed by atoms with E-state index in [2.05, 4.69) is 31.3 Å². The molecule has 3 N–H and O–H groups in total. The van der Waals surface area contributed by atoms with Gasteiger partial charge >= 0.3 is 7.82 Å². The van der Waals surface area contributed by atoms with E-state index in [1.807, 2.05) is 27.2 Å². The van der Waals surface area contributed by atoms with Crippen molar-refractivity contribution in [3.05, 3.63) is 24.3 Å². The van der Waals surface area contributed by atoms with Crippen molar-refractivity contribution >= 4 is 13.7 Å². The van der Waals surface area contributed by atoms with Crippen LogP contribution in [0.4, 0.5) is 0 Å². The lowest BCUT2D eigenvalue weighted by atomic mass is 10.1. The van der Waals surface area contributed by atoms with Gasteiger partial charge in [0, 0.05) is 6.42 Å². The Morgan fingerprint density at radius 3 is 1.95 bits per heavy atom. The van der Waals surface area contributed by atoms with E-state index in [4.69, 9.17) is 9.05 Å². The monoisotopic (exact) mass is 603 g/mol. The lowest BCUT2D eigenvalue weighted by Crippen LogP contribution is -2.45. The molecule has 0 aliphatic rings. The molecule has 0 saturated carbocycles. The summed E-state index contributed by atoms with van der Waals surface area (Å²) in [5.74, 6) is -0.195. The summed E-state index contributed by atoms with van der Waals surface area (Å²) in [6, 6.07) is -0.853. The Morgan fingerprint density at radius 1 is 0.805 bits per heavy atom. The van der Waals surface area contributed by atoms with Gasteiger partial charge < -0.3 is 19.8 Å². The molecule has 0 saturated heterocycles. The third-order valence-electron chi connectivity index (χ3n) is 6.92. The van der Waals surface area contributed by atoms with Crippen LogP contribution in [-0.2, 0) is 18.4 Å². The first-order valence-electron chi connectivity index (χ1n) is 16.2. The Kier molecular flexibility index (Phi) is 24.8. The molecule has 0 aromatic carbocycles. The molecule has 0 fully saturated rings. The minimum Gasteiger partial charge on any atom is -0.387 e. The van der Waals surface area contributed by atoms with Crippen LogP contribution < -0.4 is 5.32 Å². The van der Waals surface area contributed by atoms with Crippen molar-refractivity contribution in [3.8, 4) is 0 Å². The van der Waals surface area contributed by atoms with Crippen LogP contribution in [0.2, 0.25) is 0 Å². The predicted octanol–water partition coefficient (Wildman–Crippen LogP) is 7.46. The highest BCUT2D eigenvalue weighted by atomic mass is 31.2. The maximum atomic E-state index is 12.6. The van der Waals surface area contributed by atoms with Crippen molar-refractivity contribution in [1.82, 2.24) is 5.32 Å². The highest BCUT2D eigenvalue weighted by Crippen LogP contribution is 2.43. The number of aliphatic hydroxyl groups excluding tert-OH is 1. The van der Waals surface area contributed by atoms with E-state index in [9.17, 15) is 19.4 Å². The molecule has 0 aromatic rings. The summed E-state index contributed by atoms with van der Waals surface area (Å²) in [6.07, 6.45) is 25.4. The maximum absolute atomic E-state index is 12.6. The van der Waals surface area contributed by atoms with E-state index in [1.54, 1.807) is 6.08 Å². The lowest BCUT2D eigenvalue weighted by molar-refractivity contribution is -0.870. The van der Waals surface area contributed by atoms with Gasteiger partial charge in [-0.15, -0.1) is 0 Å². The second kappa shape index (κ2) is 25.5. The standard InChI is InChI=1S/C32H63N2O6P/c1-6-8-10-12-14-16-18-20-22-24-26-32(36)33-30(29-40-41(37,38)39-28-27-34(3,4)5)31(35)25-23-21-19-17-15-13-11-9-7-2/h15,17,23,25,30-31,35H,6-14,16,18-22,24,26-29H2,1-5H3,(H-,33,36,37,38)/p+1/b17-15+,25-23+/t30-,31+/m0/s1. The fraction of sp³-hybridized carbons (Fsp3) is 0.844. The van der Waals surface area contributed by atoms with Gasteiger partial charge in [-0.05, 0) is 32.1 Å². The van der Waals surface area contributed by atoms with E-state index >= 15 is 0 Å². The van der Waals surface area contributed by atoms with Crippen LogP contribution in [0.15, 0.2) is 24.3 Å². The van der Waals surface area contributed by atoms with Crippen molar-refractivity contribution in [3.63, 3.8) is 0 Å². The van der Waals surface area contributed by atoms with Crippen LogP contribution in [0.1, 0.15) is 123 Å². The molecule has 0 aliphatic heterocycles. The van der Waals surface area contributed by atoms with Crippen molar-refractivity contribution < 1.29 is 32.9 Å². The number of phosphoric ester groups is 1. The van der Waals surface area contributed by atoms with E-state index < -0.39 is 20.0 Å². The molecule has 1 unspecified atom stereocenters. The van der Waals surface area contributed by atoms with Crippen LogP contribution in [0.5, 0.6) is 0 Å². The molecule has 8 nitrogen and oxygen atoms in total. The van der Waals surface area contributed by atoms with Crippen molar-refractivity contribution in [2.45, 2.75) is 135 Å². The lowest BCUT2D eigenvalue weighted by Gasteiger charge is -2.25. The largest absolute Gasteiger partial charge is 0.472 e.